The molecule has 0 bridgehead atoms. The highest BCUT2D eigenvalue weighted by Crippen LogP contribution is 2.30. The number of halogens is 3. The number of carbonyl (C=O) groups is 7. The second-order valence-corrected chi connectivity index (χ2v) is 21.1. The van der Waals surface area contributed by atoms with Gasteiger partial charge in [-0.2, -0.15) is 5.26 Å². The first-order chi connectivity index (χ1) is 33.7. The number of benzene rings is 2. The molecule has 404 valence electrons. The summed E-state index contributed by atoms with van der Waals surface area (Å²) in [5.74, 6) is -8.66. The van der Waals surface area contributed by atoms with Crippen molar-refractivity contribution >= 4 is 64.5 Å². The molecule has 0 aliphatic heterocycles. The van der Waals surface area contributed by atoms with Gasteiger partial charge in [-0.05, 0) is 85.6 Å². The molecule has 1 heterocycles. The molecule has 3 amide bonds. The van der Waals surface area contributed by atoms with E-state index in [1.165, 1.54) is 36.9 Å². The number of aliphatic carboxylic acids is 1. The second kappa shape index (κ2) is 29.2. The number of carbonyl (C=O) groups excluding carboxylic acids is 6. The molecule has 0 saturated carbocycles. The molecule has 0 radical (unpaired) electrons. The Morgan fingerprint density at radius 1 is 0.712 bits per heavy atom. The van der Waals surface area contributed by atoms with Crippen LogP contribution < -0.4 is 5.73 Å². The minimum atomic E-state index is -1.61. The number of nitrogens with zero attached hydrogens (tertiary/aromatic N) is 5. The van der Waals surface area contributed by atoms with E-state index in [1.54, 1.807) is 13.2 Å². The van der Waals surface area contributed by atoms with Crippen molar-refractivity contribution in [2.24, 2.45) is 41.2 Å². The Hall–Kier alpha value is -5.73. The third-order valence-electron chi connectivity index (χ3n) is 13.2. The molecule has 0 saturated heterocycles. The summed E-state index contributed by atoms with van der Waals surface area (Å²) in [7, 11) is 4.43. The average molecular weight is 1040 g/mol. The normalized spacial score (nSPS) is 14.4. The lowest BCUT2D eigenvalue weighted by molar-refractivity contribution is -0.169. The Morgan fingerprint density at radius 3 is 1.75 bits per heavy atom. The molecule has 7 atom stereocenters. The van der Waals surface area contributed by atoms with Crippen LogP contribution in [0.15, 0.2) is 48.7 Å². The summed E-state index contributed by atoms with van der Waals surface area (Å²) < 4.78 is 35.4. The summed E-state index contributed by atoms with van der Waals surface area (Å²) in [5.41, 5.74) is 8.16. The molecular weight excluding hydrogens is 962 g/mol. The van der Waals surface area contributed by atoms with Crippen molar-refractivity contribution in [3.05, 3.63) is 71.4 Å². The number of carboxylic acids is 1. The molecule has 18 heteroatoms. The Kier molecular flexibility index (Phi) is 25.4. The average Bonchev–Trinajstić information content (AvgIpc) is 3.65. The predicted octanol–water partition coefficient (Wildman–Crippen LogP) is 8.40. The zero-order valence-corrected chi connectivity index (χ0v) is 45.5. The summed E-state index contributed by atoms with van der Waals surface area (Å²) in [6.45, 7) is 16.9. The summed E-state index contributed by atoms with van der Waals surface area (Å²) >= 11 is 0. The molecule has 0 spiro atoms. The number of hydrogen-bond donors (Lipinski definition) is 2. The summed E-state index contributed by atoms with van der Waals surface area (Å²) in [6.07, 6.45) is 0.341. The van der Waals surface area contributed by atoms with Crippen molar-refractivity contribution in [1.82, 2.24) is 19.3 Å². The van der Waals surface area contributed by atoms with Crippen molar-refractivity contribution in [3.63, 3.8) is 0 Å². The number of nitrogens with two attached hydrogens (primary N) is 1. The highest BCUT2D eigenvalue weighted by molar-refractivity contribution is 5.97. The fourth-order valence-electron chi connectivity index (χ4n) is 9.29. The van der Waals surface area contributed by atoms with Gasteiger partial charge in [0.2, 0.25) is 17.7 Å². The number of likely N-dealkylation sites (N-methyl/N-ethyl adjacent to an activating group) is 3. The number of hydrogen-bond acceptors (Lipinski definition) is 10. The summed E-state index contributed by atoms with van der Waals surface area (Å²) in [6, 6.07) is 8.63. The van der Waals surface area contributed by atoms with Crippen LogP contribution in [0.25, 0.3) is 10.9 Å². The topological polar surface area (TPSA) is 213 Å². The zero-order chi connectivity index (χ0) is 54.3. The number of amides is 3. The largest absolute Gasteiger partial charge is 0.479 e. The minimum absolute atomic E-state index is 0. The number of rotatable bonds is 29. The van der Waals surface area contributed by atoms with E-state index in [2.05, 4.69) is 0 Å². The number of ketones is 2. The Morgan fingerprint density at radius 2 is 1.23 bits per heavy atom. The molecule has 15 nitrogen and oxygen atoms in total. The van der Waals surface area contributed by atoms with Crippen LogP contribution in [0.4, 0.5) is 8.78 Å². The van der Waals surface area contributed by atoms with Gasteiger partial charge in [0.15, 0.2) is 29.3 Å². The molecule has 0 aliphatic carbocycles. The van der Waals surface area contributed by atoms with E-state index in [9.17, 15) is 37.9 Å². The SMILES string of the molecule is CC(C)C[C@H](CC(=O)[C@H](Cc1cn(Cc2ccc(F)c(F)c2)c2ccccc12)N(C)C(=O)[C@@H](CC(=O)[C@H](CC(C)C)N(C)C(=O)[C@@H](N)CC(C)C)CC(C)C)C(=O)N(C)[C@@H](C)C(=O)O[C@H](CCC#N)C(=O)O.Cl. The maximum atomic E-state index is 15.2. The van der Waals surface area contributed by atoms with Crippen molar-refractivity contribution < 1.29 is 52.2 Å². The maximum Gasteiger partial charge on any atom is 0.345 e. The van der Waals surface area contributed by atoms with Crippen LogP contribution in [0.5, 0.6) is 0 Å². The van der Waals surface area contributed by atoms with Gasteiger partial charge in [0.05, 0.1) is 24.2 Å². The van der Waals surface area contributed by atoms with Gasteiger partial charge < -0.3 is 34.8 Å². The first-order valence-electron chi connectivity index (χ1n) is 25.1. The Labute approximate surface area is 436 Å². The van der Waals surface area contributed by atoms with E-state index in [0.29, 0.717) is 24.0 Å². The first kappa shape index (κ1) is 63.4. The standard InChI is InChI=1S/C55H78F2N6O9.ClH/c1-32(2)22-38(51(66)60(10)36(9)55(71)72-50(54(69)70)18-15-21-58)28-49(65)47(27-40-31-63(45-17-14-13-16-41(40)45)30-37-19-20-42(56)43(57)26-37)61(11)52(67)39(23-33(3)4)29-48(64)46(25-35(7)8)62(12)53(68)44(59)24-34(5)6;/h13-14,16-17,19-20,26,31-36,38-39,44,46-47,50H,15,18,22-25,27-30,59H2,1-12H3,(H,69,70);1H/t36-,38+,39+,44-,46-,47-,50+;/m0./s1. The van der Waals surface area contributed by atoms with Crippen molar-refractivity contribution in [3.8, 4) is 6.07 Å². The fraction of sp³-hybridized carbons (Fsp3) is 0.600. The summed E-state index contributed by atoms with van der Waals surface area (Å²) in [4.78, 5) is 102. The zero-order valence-electron chi connectivity index (χ0n) is 44.7. The highest BCUT2D eigenvalue weighted by Gasteiger charge is 2.39. The molecule has 2 aromatic carbocycles. The van der Waals surface area contributed by atoms with Gasteiger partial charge in [-0.25, -0.2) is 18.4 Å². The Balaban J connectivity index is 0.0000183. The van der Waals surface area contributed by atoms with Gasteiger partial charge in [-0.15, -0.1) is 12.4 Å². The quantitative estimate of drug-likeness (QED) is 0.0630. The molecule has 3 aromatic rings. The van der Waals surface area contributed by atoms with Crippen LogP contribution in [-0.4, -0.2) is 117 Å². The van der Waals surface area contributed by atoms with Gasteiger partial charge >= 0.3 is 11.9 Å². The summed E-state index contributed by atoms with van der Waals surface area (Å²) in [5, 5.41) is 19.3. The second-order valence-electron chi connectivity index (χ2n) is 21.1. The van der Waals surface area contributed by atoms with Crippen LogP contribution in [0.2, 0.25) is 0 Å². The number of fused-ring (bicyclic) bond motifs is 1. The lowest BCUT2D eigenvalue weighted by Crippen LogP contribution is -2.51. The maximum absolute atomic E-state index is 15.2. The first-order valence-corrected chi connectivity index (χ1v) is 25.1. The van der Waals surface area contributed by atoms with E-state index in [1.807, 2.05) is 90.3 Å². The number of esters is 1. The predicted molar refractivity (Wildman–Crippen MR) is 278 cm³/mol. The van der Waals surface area contributed by atoms with Crippen molar-refractivity contribution in [1.29, 1.82) is 5.26 Å². The lowest BCUT2D eigenvalue weighted by Gasteiger charge is -2.34. The van der Waals surface area contributed by atoms with Crippen LogP contribution in [-0.2, 0) is 51.3 Å². The number of para-hydroxylation sites is 1. The van der Waals surface area contributed by atoms with Gasteiger partial charge in [-0.1, -0.05) is 79.7 Å². The molecule has 3 rings (SSSR count). The van der Waals surface area contributed by atoms with E-state index in [0.717, 1.165) is 27.9 Å². The number of Topliss-reactive ketones (excluding diaryl/α,β-unsaturated/α-hetero) is 2. The number of carboxylic acid groups (broad SMARTS) is 1. The fourth-order valence-corrected chi connectivity index (χ4v) is 9.29. The molecule has 1 aromatic heterocycles. The smallest absolute Gasteiger partial charge is 0.345 e. The molecule has 0 unspecified atom stereocenters. The Bertz CT molecular complexity index is 2420. The molecular formula is C55H79ClF2N6O9. The molecule has 0 aliphatic rings. The third kappa shape index (κ3) is 18.3. The number of ether oxygens (including phenoxy) is 1. The molecule has 73 heavy (non-hydrogen) atoms. The van der Waals surface area contributed by atoms with Crippen LogP contribution in [0, 0.1) is 58.5 Å². The molecule has 3 N–H and O–H groups in total. The monoisotopic (exact) mass is 1040 g/mol. The highest BCUT2D eigenvalue weighted by atomic mass is 35.5. The van der Waals surface area contributed by atoms with Gasteiger partial charge in [0.1, 0.15) is 6.04 Å². The van der Waals surface area contributed by atoms with E-state index in [4.69, 9.17) is 15.7 Å². The molecule has 0 fully saturated rings. The van der Waals surface area contributed by atoms with Crippen molar-refractivity contribution in [2.45, 2.75) is 157 Å². The number of nitriles is 1. The van der Waals surface area contributed by atoms with Gasteiger partial charge in [0.25, 0.3) is 0 Å². The van der Waals surface area contributed by atoms with Crippen molar-refractivity contribution in [2.75, 3.05) is 21.1 Å². The lowest BCUT2D eigenvalue weighted by atomic mass is 9.85. The van der Waals surface area contributed by atoms with E-state index >= 15 is 9.59 Å². The minimum Gasteiger partial charge on any atom is -0.479 e. The van der Waals surface area contributed by atoms with Gasteiger partial charge in [0, 0.05) is 88.7 Å². The van der Waals surface area contributed by atoms with E-state index < -0.39 is 83.3 Å². The van der Waals surface area contributed by atoms with Crippen LogP contribution in [0.1, 0.15) is 125 Å². The van der Waals surface area contributed by atoms with Crippen LogP contribution >= 0.6 is 12.4 Å². The third-order valence-corrected chi connectivity index (χ3v) is 13.2. The van der Waals surface area contributed by atoms with E-state index in [-0.39, 0.29) is 99.3 Å². The van der Waals surface area contributed by atoms with Crippen LogP contribution in [0.3, 0.4) is 0 Å². The number of aromatic nitrogens is 1. The van der Waals surface area contributed by atoms with Gasteiger partial charge in [-0.3, -0.25) is 24.0 Å².